The second-order valence-corrected chi connectivity index (χ2v) is 8.38. The van der Waals surface area contributed by atoms with Crippen LogP contribution in [0.4, 0.5) is 0 Å². The fourth-order valence-electron chi connectivity index (χ4n) is 4.52. The number of amides is 2. The number of para-hydroxylation sites is 1. The number of carbonyl (C=O) groups excluding carboxylic acids is 2. The average molecular weight is 407 g/mol. The number of nitrogens with zero attached hydrogens (tertiary/aromatic N) is 1. The van der Waals surface area contributed by atoms with E-state index in [1.165, 1.54) is 0 Å². The molecule has 2 amide bonds. The van der Waals surface area contributed by atoms with E-state index in [-0.39, 0.29) is 23.5 Å². The number of ether oxygens (including phenoxy) is 1. The van der Waals surface area contributed by atoms with Gasteiger partial charge in [-0.25, -0.2) is 0 Å². The van der Waals surface area contributed by atoms with Crippen LogP contribution in [0.1, 0.15) is 73.5 Å². The Morgan fingerprint density at radius 3 is 2.53 bits per heavy atom. The van der Waals surface area contributed by atoms with Crippen molar-refractivity contribution in [3.8, 4) is 5.75 Å². The largest absolute Gasteiger partial charge is 0.487 e. The van der Waals surface area contributed by atoms with Gasteiger partial charge in [-0.1, -0.05) is 44.2 Å². The molecule has 1 saturated heterocycles. The molecule has 2 aliphatic rings. The summed E-state index contributed by atoms with van der Waals surface area (Å²) in [5, 5.41) is 3.23. The Morgan fingerprint density at radius 1 is 1.13 bits per heavy atom. The molecule has 0 saturated carbocycles. The number of nitrogens with one attached hydrogen (secondary N) is 1. The summed E-state index contributed by atoms with van der Waals surface area (Å²) in [5.74, 6) is 0.996. The zero-order valence-corrected chi connectivity index (χ0v) is 17.8. The summed E-state index contributed by atoms with van der Waals surface area (Å²) < 4.78 is 6.34. The smallest absolute Gasteiger partial charge is 0.251 e. The molecule has 0 spiro atoms. The molecule has 0 aromatic heterocycles. The minimum Gasteiger partial charge on any atom is -0.487 e. The Kier molecular flexibility index (Phi) is 5.80. The van der Waals surface area contributed by atoms with Gasteiger partial charge in [-0.05, 0) is 43.0 Å². The third-order valence-corrected chi connectivity index (χ3v) is 6.55. The number of benzene rings is 2. The first-order valence-corrected chi connectivity index (χ1v) is 11.0. The van der Waals surface area contributed by atoms with Gasteiger partial charge >= 0.3 is 0 Å². The molecule has 2 aromatic rings. The van der Waals surface area contributed by atoms with Gasteiger partial charge in [0.2, 0.25) is 5.91 Å². The van der Waals surface area contributed by atoms with Crippen molar-refractivity contribution in [1.29, 1.82) is 0 Å². The van der Waals surface area contributed by atoms with Crippen LogP contribution in [0.2, 0.25) is 0 Å². The van der Waals surface area contributed by atoms with Gasteiger partial charge < -0.3 is 15.0 Å². The molecule has 158 valence electrons. The number of rotatable bonds is 6. The summed E-state index contributed by atoms with van der Waals surface area (Å²) in [6.45, 7) is 5.71. The van der Waals surface area contributed by atoms with Crippen molar-refractivity contribution in [1.82, 2.24) is 10.2 Å². The highest BCUT2D eigenvalue weighted by atomic mass is 16.5. The van der Waals surface area contributed by atoms with Gasteiger partial charge in [-0.3, -0.25) is 9.59 Å². The molecule has 1 N–H and O–H groups in total. The number of hydrogen-bond acceptors (Lipinski definition) is 3. The third-order valence-electron chi connectivity index (χ3n) is 6.55. The Morgan fingerprint density at radius 2 is 1.87 bits per heavy atom. The summed E-state index contributed by atoms with van der Waals surface area (Å²) in [6, 6.07) is 15.5. The van der Waals surface area contributed by atoms with Crippen molar-refractivity contribution in [2.75, 3.05) is 6.54 Å². The van der Waals surface area contributed by atoms with Gasteiger partial charge in [0.05, 0.1) is 6.04 Å². The second kappa shape index (κ2) is 8.50. The molecule has 2 aliphatic heterocycles. The molecule has 1 unspecified atom stereocenters. The summed E-state index contributed by atoms with van der Waals surface area (Å²) in [5.41, 5.74) is 2.47. The molecular formula is C25H30N2O3. The molecule has 5 nitrogen and oxygen atoms in total. The lowest BCUT2D eigenvalue weighted by Crippen LogP contribution is -2.44. The van der Waals surface area contributed by atoms with E-state index in [9.17, 15) is 9.59 Å². The lowest BCUT2D eigenvalue weighted by molar-refractivity contribution is -0.128. The second-order valence-electron chi connectivity index (χ2n) is 8.38. The van der Waals surface area contributed by atoms with Gasteiger partial charge in [-0.15, -0.1) is 0 Å². The standard InChI is InChI=1S/C25H30N2O3/c1-3-25(4-2)16-21(20-8-5-6-9-22(20)30-25)26-24(29)19-13-11-18(12-14-19)17-27-15-7-10-23(27)28/h5-6,8-9,11-14,21H,3-4,7,10,15-17H2,1-2H3,(H,26,29). The first-order valence-electron chi connectivity index (χ1n) is 11.0. The maximum Gasteiger partial charge on any atom is 0.251 e. The van der Waals surface area contributed by atoms with E-state index in [0.29, 0.717) is 18.5 Å². The Bertz CT molecular complexity index is 918. The maximum atomic E-state index is 13.0. The maximum absolute atomic E-state index is 13.0. The summed E-state index contributed by atoms with van der Waals surface area (Å²) >= 11 is 0. The van der Waals surface area contributed by atoms with E-state index in [4.69, 9.17) is 4.74 Å². The van der Waals surface area contributed by atoms with Crippen LogP contribution in [-0.4, -0.2) is 28.9 Å². The van der Waals surface area contributed by atoms with Crippen molar-refractivity contribution in [2.24, 2.45) is 0 Å². The van der Waals surface area contributed by atoms with Crippen LogP contribution in [0.15, 0.2) is 48.5 Å². The lowest BCUT2D eigenvalue weighted by Gasteiger charge is -2.41. The van der Waals surface area contributed by atoms with Gasteiger partial charge in [-0.2, -0.15) is 0 Å². The van der Waals surface area contributed by atoms with E-state index in [1.54, 1.807) is 0 Å². The third kappa shape index (κ3) is 4.07. The molecular weight excluding hydrogens is 376 g/mol. The van der Waals surface area contributed by atoms with Crippen molar-refractivity contribution in [3.63, 3.8) is 0 Å². The van der Waals surface area contributed by atoms with Crippen LogP contribution in [-0.2, 0) is 11.3 Å². The van der Waals surface area contributed by atoms with E-state index in [2.05, 4.69) is 19.2 Å². The molecule has 2 aromatic carbocycles. The number of hydrogen-bond donors (Lipinski definition) is 1. The van der Waals surface area contributed by atoms with Gasteiger partial charge in [0.25, 0.3) is 5.91 Å². The fourth-order valence-corrected chi connectivity index (χ4v) is 4.52. The minimum absolute atomic E-state index is 0.0794. The van der Waals surface area contributed by atoms with Crippen LogP contribution in [0, 0.1) is 0 Å². The molecule has 0 bridgehead atoms. The average Bonchev–Trinajstić information content (AvgIpc) is 3.18. The molecule has 0 radical (unpaired) electrons. The first kappa shape index (κ1) is 20.5. The predicted octanol–water partition coefficient (Wildman–Crippen LogP) is 4.62. The lowest BCUT2D eigenvalue weighted by atomic mass is 9.83. The Labute approximate surface area is 178 Å². The van der Waals surface area contributed by atoms with E-state index < -0.39 is 0 Å². The topological polar surface area (TPSA) is 58.6 Å². The van der Waals surface area contributed by atoms with Gasteiger partial charge in [0.15, 0.2) is 0 Å². The molecule has 1 fully saturated rings. The summed E-state index contributed by atoms with van der Waals surface area (Å²) in [7, 11) is 0. The predicted molar refractivity (Wildman–Crippen MR) is 116 cm³/mol. The van der Waals surface area contributed by atoms with Crippen LogP contribution in [0.3, 0.4) is 0 Å². The number of fused-ring (bicyclic) bond motifs is 1. The van der Waals surface area contributed by atoms with Gasteiger partial charge in [0.1, 0.15) is 11.4 Å². The van der Waals surface area contributed by atoms with Crippen molar-refractivity contribution >= 4 is 11.8 Å². The van der Waals surface area contributed by atoms with Crippen molar-refractivity contribution < 1.29 is 14.3 Å². The van der Waals surface area contributed by atoms with E-state index in [1.807, 2.05) is 53.4 Å². The SMILES string of the molecule is CCC1(CC)CC(NC(=O)c2ccc(CN3CCCC3=O)cc2)c2ccccc2O1. The van der Waals surface area contributed by atoms with Crippen LogP contribution in [0.25, 0.3) is 0 Å². The van der Waals surface area contributed by atoms with Crippen LogP contribution < -0.4 is 10.1 Å². The zero-order chi connectivity index (χ0) is 21.1. The quantitative estimate of drug-likeness (QED) is 0.761. The van der Waals surface area contributed by atoms with Crippen LogP contribution in [0.5, 0.6) is 5.75 Å². The highest BCUT2D eigenvalue weighted by Crippen LogP contribution is 2.42. The number of likely N-dealkylation sites (tertiary alicyclic amines) is 1. The number of carbonyl (C=O) groups is 2. The molecule has 5 heteroatoms. The van der Waals surface area contributed by atoms with Crippen LogP contribution >= 0.6 is 0 Å². The highest BCUT2D eigenvalue weighted by molar-refractivity contribution is 5.94. The van der Waals surface area contributed by atoms with E-state index >= 15 is 0 Å². The Hall–Kier alpha value is -2.82. The monoisotopic (exact) mass is 406 g/mol. The summed E-state index contributed by atoms with van der Waals surface area (Å²) in [6.07, 6.45) is 4.13. The van der Waals surface area contributed by atoms with E-state index in [0.717, 1.165) is 49.1 Å². The molecule has 2 heterocycles. The summed E-state index contributed by atoms with van der Waals surface area (Å²) in [4.78, 5) is 26.7. The normalized spacial score (nSPS) is 19.9. The first-order chi connectivity index (χ1) is 14.5. The van der Waals surface area contributed by atoms with Crippen molar-refractivity contribution in [2.45, 2.75) is 64.1 Å². The minimum atomic E-state index is -0.252. The highest BCUT2D eigenvalue weighted by Gasteiger charge is 2.39. The fraction of sp³-hybridized carbons (Fsp3) is 0.440. The van der Waals surface area contributed by atoms with Crippen molar-refractivity contribution in [3.05, 3.63) is 65.2 Å². The molecule has 0 aliphatic carbocycles. The Balaban J connectivity index is 1.48. The molecule has 1 atom stereocenters. The zero-order valence-electron chi connectivity index (χ0n) is 17.8. The molecule has 4 rings (SSSR count). The van der Waals surface area contributed by atoms with Gasteiger partial charge in [0, 0.05) is 37.1 Å². The molecule has 30 heavy (non-hydrogen) atoms.